The fourth-order valence-electron chi connectivity index (χ4n) is 2.42. The van der Waals surface area contributed by atoms with Crippen molar-refractivity contribution in [2.75, 3.05) is 32.8 Å². The highest BCUT2D eigenvalue weighted by Crippen LogP contribution is 2.38. The van der Waals surface area contributed by atoms with Gasteiger partial charge in [0.25, 0.3) is 0 Å². The Labute approximate surface area is 123 Å². The molecule has 0 spiro atoms. The van der Waals surface area contributed by atoms with Gasteiger partial charge in [0.2, 0.25) is 0 Å². The van der Waals surface area contributed by atoms with Gasteiger partial charge in [-0.1, -0.05) is 19.1 Å². The van der Waals surface area contributed by atoms with E-state index in [0.29, 0.717) is 25.1 Å². The lowest BCUT2D eigenvalue weighted by Gasteiger charge is -2.28. The number of ether oxygens (including phenoxy) is 1. The summed E-state index contributed by atoms with van der Waals surface area (Å²) < 4.78 is 44.8. The van der Waals surface area contributed by atoms with Crippen LogP contribution in [0.1, 0.15) is 24.5 Å². The second-order valence-corrected chi connectivity index (χ2v) is 5.17. The number of benzene rings is 1. The first-order valence-corrected chi connectivity index (χ1v) is 7.27. The van der Waals surface area contributed by atoms with E-state index in [1.165, 1.54) is 6.07 Å². The van der Waals surface area contributed by atoms with Crippen LogP contribution in [0.5, 0.6) is 5.75 Å². The molecule has 118 valence electrons. The molecule has 0 atom stereocenters. The zero-order valence-electron chi connectivity index (χ0n) is 12.2. The maximum Gasteiger partial charge on any atom is 0.419 e. The standard InChI is InChI=1S/C15H21F3N2O/c1-2-10-21-14-12(11-20-8-6-19-7-9-20)4-3-5-13(14)15(16,17)18/h3-5,19H,2,6-11H2,1H3. The lowest BCUT2D eigenvalue weighted by Crippen LogP contribution is -2.43. The molecule has 1 aliphatic rings. The molecular formula is C15H21F3N2O. The monoisotopic (exact) mass is 302 g/mol. The van der Waals surface area contributed by atoms with Crippen LogP contribution in [0.3, 0.4) is 0 Å². The zero-order valence-corrected chi connectivity index (χ0v) is 12.2. The Hall–Kier alpha value is -1.27. The molecule has 0 aromatic heterocycles. The van der Waals surface area contributed by atoms with Crippen LogP contribution in [0.25, 0.3) is 0 Å². The van der Waals surface area contributed by atoms with Crippen LogP contribution in [-0.4, -0.2) is 37.7 Å². The molecule has 0 amide bonds. The second-order valence-electron chi connectivity index (χ2n) is 5.17. The van der Waals surface area contributed by atoms with E-state index >= 15 is 0 Å². The molecule has 6 heteroatoms. The average Bonchev–Trinajstić information content (AvgIpc) is 2.46. The Morgan fingerprint density at radius 2 is 1.95 bits per heavy atom. The smallest absolute Gasteiger partial charge is 0.419 e. The lowest BCUT2D eigenvalue weighted by atomic mass is 10.1. The van der Waals surface area contributed by atoms with E-state index in [9.17, 15) is 13.2 Å². The molecule has 1 N–H and O–H groups in total. The molecular weight excluding hydrogens is 281 g/mol. The number of hydrogen-bond acceptors (Lipinski definition) is 3. The molecule has 2 rings (SSSR count). The lowest BCUT2D eigenvalue weighted by molar-refractivity contribution is -0.139. The molecule has 1 fully saturated rings. The summed E-state index contributed by atoms with van der Waals surface area (Å²) in [4.78, 5) is 2.14. The molecule has 3 nitrogen and oxygen atoms in total. The molecule has 0 bridgehead atoms. The van der Waals surface area contributed by atoms with Gasteiger partial charge < -0.3 is 10.1 Å². The zero-order chi connectivity index (χ0) is 15.3. The van der Waals surface area contributed by atoms with Crippen LogP contribution in [0.2, 0.25) is 0 Å². The highest BCUT2D eigenvalue weighted by Gasteiger charge is 2.35. The van der Waals surface area contributed by atoms with E-state index in [1.54, 1.807) is 6.07 Å². The average molecular weight is 302 g/mol. The number of nitrogens with zero attached hydrogens (tertiary/aromatic N) is 1. The molecule has 1 heterocycles. The summed E-state index contributed by atoms with van der Waals surface area (Å²) in [5, 5.41) is 3.23. The predicted molar refractivity (Wildman–Crippen MR) is 75.4 cm³/mol. The minimum Gasteiger partial charge on any atom is -0.493 e. The first-order chi connectivity index (χ1) is 10.0. The van der Waals surface area contributed by atoms with Crippen molar-refractivity contribution < 1.29 is 17.9 Å². The van der Waals surface area contributed by atoms with Crippen LogP contribution in [0, 0.1) is 0 Å². The number of para-hydroxylation sites is 1. The SMILES string of the molecule is CCCOc1c(CN2CCNCC2)cccc1C(F)(F)F. The fourth-order valence-corrected chi connectivity index (χ4v) is 2.42. The highest BCUT2D eigenvalue weighted by atomic mass is 19.4. The van der Waals surface area contributed by atoms with Crippen LogP contribution in [0.4, 0.5) is 13.2 Å². The van der Waals surface area contributed by atoms with Gasteiger partial charge in [-0.15, -0.1) is 0 Å². The summed E-state index contributed by atoms with van der Waals surface area (Å²) in [6.07, 6.45) is -3.71. The molecule has 0 radical (unpaired) electrons. The van der Waals surface area contributed by atoms with Crippen molar-refractivity contribution in [2.24, 2.45) is 0 Å². The van der Waals surface area contributed by atoms with E-state index in [0.717, 1.165) is 32.2 Å². The first-order valence-electron chi connectivity index (χ1n) is 7.27. The van der Waals surface area contributed by atoms with E-state index in [1.807, 2.05) is 6.92 Å². The maximum atomic E-state index is 13.1. The summed E-state index contributed by atoms with van der Waals surface area (Å²) in [5.41, 5.74) is -0.0660. The summed E-state index contributed by atoms with van der Waals surface area (Å²) in [6.45, 7) is 6.07. The van der Waals surface area contributed by atoms with Gasteiger partial charge in [-0.05, 0) is 12.5 Å². The summed E-state index contributed by atoms with van der Waals surface area (Å²) in [7, 11) is 0. The molecule has 1 aromatic carbocycles. The number of halogens is 3. The summed E-state index contributed by atoms with van der Waals surface area (Å²) >= 11 is 0. The molecule has 1 aromatic rings. The third-order valence-electron chi connectivity index (χ3n) is 3.46. The maximum absolute atomic E-state index is 13.1. The summed E-state index contributed by atoms with van der Waals surface area (Å²) in [5.74, 6) is -0.00890. The molecule has 21 heavy (non-hydrogen) atoms. The van der Waals surface area contributed by atoms with Crippen LogP contribution < -0.4 is 10.1 Å². The second kappa shape index (κ2) is 7.13. The van der Waals surface area contributed by atoms with Gasteiger partial charge in [-0.2, -0.15) is 13.2 Å². The number of nitrogens with one attached hydrogen (secondary N) is 1. The quantitative estimate of drug-likeness (QED) is 0.905. The topological polar surface area (TPSA) is 24.5 Å². The van der Waals surface area contributed by atoms with Crippen molar-refractivity contribution in [1.29, 1.82) is 0 Å². The van der Waals surface area contributed by atoms with E-state index < -0.39 is 11.7 Å². The van der Waals surface area contributed by atoms with Gasteiger partial charge in [-0.25, -0.2) is 0 Å². The van der Waals surface area contributed by atoms with E-state index in [2.05, 4.69) is 10.2 Å². The normalized spacial score (nSPS) is 17.0. The molecule has 0 unspecified atom stereocenters. The predicted octanol–water partition coefficient (Wildman–Crippen LogP) is 2.90. The van der Waals surface area contributed by atoms with Gasteiger partial charge in [0.05, 0.1) is 12.2 Å². The van der Waals surface area contributed by atoms with Crippen LogP contribution >= 0.6 is 0 Å². The van der Waals surface area contributed by atoms with E-state index in [-0.39, 0.29) is 5.75 Å². The van der Waals surface area contributed by atoms with Gasteiger partial charge >= 0.3 is 6.18 Å². The largest absolute Gasteiger partial charge is 0.493 e. The molecule has 0 saturated carbocycles. The van der Waals surface area contributed by atoms with Crippen molar-refractivity contribution in [1.82, 2.24) is 10.2 Å². The first kappa shape index (κ1) is 16.1. The minimum absolute atomic E-state index is 0.00890. The number of hydrogen-bond donors (Lipinski definition) is 1. The number of rotatable bonds is 5. The van der Waals surface area contributed by atoms with Crippen LogP contribution in [0.15, 0.2) is 18.2 Å². The van der Waals surface area contributed by atoms with Crippen molar-refractivity contribution in [2.45, 2.75) is 26.1 Å². The number of alkyl halides is 3. The van der Waals surface area contributed by atoms with Gasteiger partial charge in [-0.3, -0.25) is 4.90 Å². The summed E-state index contributed by atoms with van der Waals surface area (Å²) in [6, 6.07) is 4.27. The Morgan fingerprint density at radius 1 is 1.24 bits per heavy atom. The highest BCUT2D eigenvalue weighted by molar-refractivity contribution is 5.43. The van der Waals surface area contributed by atoms with Crippen molar-refractivity contribution in [3.8, 4) is 5.75 Å². The molecule has 1 saturated heterocycles. The van der Waals surface area contributed by atoms with E-state index in [4.69, 9.17) is 4.74 Å². The Balaban J connectivity index is 2.25. The Morgan fingerprint density at radius 3 is 2.57 bits per heavy atom. The van der Waals surface area contributed by atoms with Crippen molar-refractivity contribution >= 4 is 0 Å². The van der Waals surface area contributed by atoms with Crippen molar-refractivity contribution in [3.05, 3.63) is 29.3 Å². The molecule has 0 aliphatic carbocycles. The van der Waals surface area contributed by atoms with Gasteiger partial charge in [0.1, 0.15) is 5.75 Å². The number of piperazine rings is 1. The molecule has 1 aliphatic heterocycles. The minimum atomic E-state index is -4.39. The van der Waals surface area contributed by atoms with Gasteiger partial charge in [0.15, 0.2) is 0 Å². The van der Waals surface area contributed by atoms with Crippen LogP contribution in [-0.2, 0) is 12.7 Å². The van der Waals surface area contributed by atoms with Gasteiger partial charge in [0, 0.05) is 38.3 Å². The van der Waals surface area contributed by atoms with Crippen molar-refractivity contribution in [3.63, 3.8) is 0 Å². The fraction of sp³-hybridized carbons (Fsp3) is 0.600. The Bertz CT molecular complexity index is 457. The Kier molecular flexibility index (Phi) is 5.47. The third kappa shape index (κ3) is 4.35. The third-order valence-corrected chi connectivity index (χ3v) is 3.46.